The highest BCUT2D eigenvalue weighted by Gasteiger charge is 2.33. The van der Waals surface area contributed by atoms with Crippen molar-refractivity contribution in [2.45, 2.75) is 9.17 Å². The Hall–Kier alpha value is 0.180. The summed E-state index contributed by atoms with van der Waals surface area (Å²) in [5.41, 5.74) is 0.664. The molecule has 0 aliphatic heterocycles. The first-order valence-electron chi connectivity index (χ1n) is 3.80. The monoisotopic (exact) mass is 272 g/mol. The third-order valence-electron chi connectivity index (χ3n) is 1.70. The summed E-state index contributed by atoms with van der Waals surface area (Å²) in [6, 6.07) is 7.16. The molecule has 1 aromatic carbocycles. The number of hydrogen-bond donors (Lipinski definition) is 0. The quantitative estimate of drug-likeness (QED) is 0.728. The lowest BCUT2D eigenvalue weighted by Crippen LogP contribution is -2.12. The Morgan fingerprint density at radius 1 is 1.21 bits per heavy atom. The van der Waals surface area contributed by atoms with Gasteiger partial charge >= 0.3 is 0 Å². The van der Waals surface area contributed by atoms with Gasteiger partial charge in [-0.25, -0.2) is 0 Å². The average molecular weight is 274 g/mol. The summed E-state index contributed by atoms with van der Waals surface area (Å²) < 4.78 is 3.56. The van der Waals surface area contributed by atoms with Gasteiger partial charge in [-0.15, -0.1) is 11.6 Å². The van der Waals surface area contributed by atoms with Gasteiger partial charge in [-0.05, 0) is 6.07 Å². The van der Waals surface area contributed by atoms with Crippen molar-refractivity contribution in [2.75, 3.05) is 7.11 Å². The molecule has 14 heavy (non-hydrogen) atoms. The molecule has 1 unspecified atom stereocenters. The van der Waals surface area contributed by atoms with Crippen molar-refractivity contribution in [1.82, 2.24) is 0 Å². The second kappa shape index (κ2) is 4.80. The Balaban J connectivity index is 3.06. The number of hydrogen-bond acceptors (Lipinski definition) is 1. The van der Waals surface area contributed by atoms with E-state index in [1.165, 1.54) is 0 Å². The highest BCUT2D eigenvalue weighted by Crippen LogP contribution is 2.46. The van der Waals surface area contributed by atoms with Crippen LogP contribution in [0.3, 0.4) is 0 Å². The molecular formula is C9H8Cl4O. The van der Waals surface area contributed by atoms with E-state index in [2.05, 4.69) is 0 Å². The molecule has 5 heteroatoms. The summed E-state index contributed by atoms with van der Waals surface area (Å²) in [7, 11) is 1.54. The van der Waals surface area contributed by atoms with Crippen molar-refractivity contribution >= 4 is 46.4 Å². The Morgan fingerprint density at radius 2 is 1.79 bits per heavy atom. The molecule has 1 atom stereocenters. The van der Waals surface area contributed by atoms with Crippen LogP contribution in [0.15, 0.2) is 24.3 Å². The molecule has 0 spiro atoms. The summed E-state index contributed by atoms with van der Waals surface area (Å²) in [6.07, 6.45) is 0. The number of rotatable bonds is 2. The smallest absolute Gasteiger partial charge is 0.210 e. The van der Waals surface area contributed by atoms with Gasteiger partial charge in [-0.1, -0.05) is 53.0 Å². The van der Waals surface area contributed by atoms with Gasteiger partial charge < -0.3 is 4.74 Å². The zero-order valence-corrected chi connectivity index (χ0v) is 10.3. The zero-order chi connectivity index (χ0) is 10.8. The van der Waals surface area contributed by atoms with E-state index in [0.29, 0.717) is 11.3 Å². The van der Waals surface area contributed by atoms with E-state index < -0.39 is 9.17 Å². The Morgan fingerprint density at radius 3 is 2.29 bits per heavy atom. The van der Waals surface area contributed by atoms with Crippen molar-refractivity contribution < 1.29 is 4.74 Å². The zero-order valence-electron chi connectivity index (χ0n) is 7.31. The van der Waals surface area contributed by atoms with E-state index in [-0.39, 0.29) is 0 Å². The number of halogens is 4. The van der Waals surface area contributed by atoms with Crippen LogP contribution in [0.4, 0.5) is 0 Å². The van der Waals surface area contributed by atoms with Crippen LogP contribution in [0.5, 0.6) is 5.75 Å². The van der Waals surface area contributed by atoms with Crippen LogP contribution in [0.25, 0.3) is 0 Å². The molecule has 0 aromatic heterocycles. The molecule has 0 saturated carbocycles. The van der Waals surface area contributed by atoms with Crippen molar-refractivity contribution in [1.29, 1.82) is 0 Å². The predicted octanol–water partition coefficient (Wildman–Crippen LogP) is 4.35. The van der Waals surface area contributed by atoms with Crippen molar-refractivity contribution in [3.05, 3.63) is 29.8 Å². The van der Waals surface area contributed by atoms with Crippen molar-refractivity contribution in [3.63, 3.8) is 0 Å². The molecule has 0 amide bonds. The van der Waals surface area contributed by atoms with E-state index in [1.54, 1.807) is 19.2 Å². The van der Waals surface area contributed by atoms with Crippen LogP contribution in [-0.4, -0.2) is 10.9 Å². The number of ether oxygens (including phenoxy) is 1. The second-order valence-electron chi connectivity index (χ2n) is 2.65. The van der Waals surface area contributed by atoms with E-state index in [1.807, 2.05) is 12.1 Å². The molecule has 0 bridgehead atoms. The fraction of sp³-hybridized carbons (Fsp3) is 0.333. The van der Waals surface area contributed by atoms with Crippen LogP contribution in [0, 0.1) is 0 Å². The molecule has 0 fully saturated rings. The van der Waals surface area contributed by atoms with Crippen LogP contribution in [0.2, 0.25) is 0 Å². The molecule has 0 aliphatic rings. The van der Waals surface area contributed by atoms with Crippen molar-refractivity contribution in [2.24, 2.45) is 0 Å². The number of alkyl halides is 4. The molecule has 78 valence electrons. The van der Waals surface area contributed by atoms with Crippen LogP contribution < -0.4 is 4.74 Å². The number of para-hydroxylation sites is 1. The number of benzene rings is 1. The van der Waals surface area contributed by atoms with Gasteiger partial charge in [0.1, 0.15) is 11.1 Å². The third-order valence-corrected chi connectivity index (χ3v) is 3.25. The van der Waals surface area contributed by atoms with Crippen LogP contribution in [-0.2, 0) is 0 Å². The highest BCUT2D eigenvalue weighted by molar-refractivity contribution is 6.70. The first-order valence-corrected chi connectivity index (χ1v) is 5.37. The molecule has 0 saturated heterocycles. The molecule has 0 radical (unpaired) electrons. The van der Waals surface area contributed by atoms with Gasteiger partial charge in [-0.3, -0.25) is 0 Å². The number of methoxy groups -OCH3 is 1. The molecule has 1 aromatic rings. The van der Waals surface area contributed by atoms with Gasteiger partial charge in [0.2, 0.25) is 3.79 Å². The maximum atomic E-state index is 5.99. The first kappa shape index (κ1) is 12.3. The lowest BCUT2D eigenvalue weighted by Gasteiger charge is -2.20. The van der Waals surface area contributed by atoms with Crippen LogP contribution in [0.1, 0.15) is 10.9 Å². The maximum absolute atomic E-state index is 5.99. The van der Waals surface area contributed by atoms with Gasteiger partial charge in [-0.2, -0.15) is 0 Å². The molecule has 0 heterocycles. The fourth-order valence-electron chi connectivity index (χ4n) is 1.05. The molecule has 1 nitrogen and oxygen atoms in total. The summed E-state index contributed by atoms with van der Waals surface area (Å²) in [6.45, 7) is 0. The van der Waals surface area contributed by atoms with E-state index in [0.717, 1.165) is 0 Å². The van der Waals surface area contributed by atoms with E-state index >= 15 is 0 Å². The van der Waals surface area contributed by atoms with Gasteiger partial charge in [0.15, 0.2) is 0 Å². The fourth-order valence-corrected chi connectivity index (χ4v) is 1.59. The minimum atomic E-state index is -1.55. The van der Waals surface area contributed by atoms with E-state index in [9.17, 15) is 0 Å². The van der Waals surface area contributed by atoms with Gasteiger partial charge in [0.05, 0.1) is 7.11 Å². The van der Waals surface area contributed by atoms with Crippen molar-refractivity contribution in [3.8, 4) is 5.75 Å². The Labute approximate surface area is 103 Å². The predicted molar refractivity (Wildman–Crippen MR) is 61.9 cm³/mol. The lowest BCUT2D eigenvalue weighted by molar-refractivity contribution is 0.409. The van der Waals surface area contributed by atoms with Crippen LogP contribution >= 0.6 is 46.4 Å². The topological polar surface area (TPSA) is 9.23 Å². The summed E-state index contributed by atoms with van der Waals surface area (Å²) in [5, 5.41) is -0.733. The lowest BCUT2D eigenvalue weighted by atomic mass is 10.1. The SMILES string of the molecule is COc1ccccc1C(Cl)C(Cl)(Cl)Cl. The second-order valence-corrected chi connectivity index (χ2v) is 5.45. The molecule has 0 aliphatic carbocycles. The Bertz CT molecular complexity index is 308. The Kier molecular flexibility index (Phi) is 4.20. The summed E-state index contributed by atoms with van der Waals surface area (Å²) in [4.78, 5) is 0. The average Bonchev–Trinajstić information content (AvgIpc) is 2.15. The summed E-state index contributed by atoms with van der Waals surface area (Å²) in [5.74, 6) is 0.610. The van der Waals surface area contributed by atoms with Gasteiger partial charge in [0.25, 0.3) is 0 Å². The molecule has 1 rings (SSSR count). The first-order chi connectivity index (χ1) is 6.46. The summed E-state index contributed by atoms with van der Waals surface area (Å²) >= 11 is 23.1. The minimum Gasteiger partial charge on any atom is -0.496 e. The van der Waals surface area contributed by atoms with E-state index in [4.69, 9.17) is 51.1 Å². The molecule has 0 N–H and O–H groups in total. The largest absolute Gasteiger partial charge is 0.496 e. The molecular weight excluding hydrogens is 266 g/mol. The standard InChI is InChI=1S/C9H8Cl4O/c1-14-7-5-3-2-4-6(7)8(10)9(11,12)13/h2-5,8H,1H3. The minimum absolute atomic E-state index is 0.610. The third kappa shape index (κ3) is 2.83. The van der Waals surface area contributed by atoms with Gasteiger partial charge in [0, 0.05) is 5.56 Å². The highest BCUT2D eigenvalue weighted by atomic mass is 35.6. The maximum Gasteiger partial charge on any atom is 0.210 e. The normalized spacial score (nSPS) is 13.8.